The Balaban J connectivity index is 1.90. The van der Waals surface area contributed by atoms with E-state index >= 15 is 0 Å². The van der Waals surface area contributed by atoms with Crippen LogP contribution in [-0.2, 0) is 0 Å². The molecular weight excluding hydrogens is 360 g/mol. The number of halogens is 1. The number of phenolic OH excluding ortho intramolecular Hbond substituents is 1. The number of aromatic carboxylic acids is 1. The maximum Gasteiger partial charge on any atom is 0.335 e. The minimum absolute atomic E-state index is 0.00506. The smallest absolute Gasteiger partial charge is 0.335 e. The van der Waals surface area contributed by atoms with E-state index in [9.17, 15) is 15.0 Å². The summed E-state index contributed by atoms with van der Waals surface area (Å²) in [6.07, 6.45) is 0. The van der Waals surface area contributed by atoms with E-state index in [2.05, 4.69) is 10.3 Å². The van der Waals surface area contributed by atoms with Gasteiger partial charge in [0.05, 0.1) is 16.1 Å². The van der Waals surface area contributed by atoms with Gasteiger partial charge in [-0.25, -0.2) is 9.78 Å². The summed E-state index contributed by atoms with van der Waals surface area (Å²) in [5.41, 5.74) is 1.47. The molecule has 4 rings (SSSR count). The molecule has 25 heavy (non-hydrogen) atoms. The first-order chi connectivity index (χ1) is 12.0. The number of pyridine rings is 1. The lowest BCUT2D eigenvalue weighted by Gasteiger charge is -2.10. The molecule has 2 aromatic carbocycles. The highest BCUT2D eigenvalue weighted by Crippen LogP contribution is 2.36. The third kappa shape index (κ3) is 2.75. The molecule has 0 radical (unpaired) electrons. The van der Waals surface area contributed by atoms with Crippen LogP contribution in [0.4, 0.5) is 11.5 Å². The molecule has 5 nitrogen and oxygen atoms in total. The summed E-state index contributed by atoms with van der Waals surface area (Å²) in [5.74, 6) is -0.381. The molecule has 0 saturated heterocycles. The van der Waals surface area contributed by atoms with Crippen LogP contribution in [0.2, 0.25) is 5.02 Å². The number of rotatable bonds is 3. The van der Waals surface area contributed by atoms with Crippen LogP contribution < -0.4 is 5.32 Å². The Morgan fingerprint density at radius 2 is 1.96 bits per heavy atom. The topological polar surface area (TPSA) is 82.5 Å². The van der Waals surface area contributed by atoms with Gasteiger partial charge in [-0.15, -0.1) is 11.3 Å². The highest BCUT2D eigenvalue weighted by molar-refractivity contribution is 7.18. The van der Waals surface area contributed by atoms with Crippen molar-refractivity contribution >= 4 is 61.4 Å². The molecule has 3 N–H and O–H groups in total. The first-order valence-electron chi connectivity index (χ1n) is 7.33. The molecule has 124 valence electrons. The number of hydrogen-bond donors (Lipinski definition) is 3. The van der Waals surface area contributed by atoms with Crippen molar-refractivity contribution in [1.29, 1.82) is 0 Å². The van der Waals surface area contributed by atoms with E-state index < -0.39 is 5.97 Å². The molecule has 0 fully saturated rings. The second-order valence-electron chi connectivity index (χ2n) is 5.45. The number of nitrogens with zero attached hydrogens (tertiary/aromatic N) is 1. The van der Waals surface area contributed by atoms with Gasteiger partial charge in [0, 0.05) is 21.2 Å². The van der Waals surface area contributed by atoms with Crippen molar-refractivity contribution in [2.45, 2.75) is 0 Å². The number of hydrogen-bond acceptors (Lipinski definition) is 5. The quantitative estimate of drug-likeness (QED) is 0.429. The van der Waals surface area contributed by atoms with Crippen molar-refractivity contribution in [3.8, 4) is 5.75 Å². The zero-order chi connectivity index (χ0) is 17.6. The minimum atomic E-state index is -0.991. The average Bonchev–Trinajstić information content (AvgIpc) is 3.08. The summed E-state index contributed by atoms with van der Waals surface area (Å²) in [6, 6.07) is 11.7. The number of carboxylic acid groups (broad SMARTS) is 1. The molecule has 0 atom stereocenters. The Morgan fingerprint density at radius 1 is 1.12 bits per heavy atom. The van der Waals surface area contributed by atoms with Gasteiger partial charge in [-0.3, -0.25) is 0 Å². The van der Waals surface area contributed by atoms with Crippen molar-refractivity contribution < 1.29 is 15.0 Å². The maximum absolute atomic E-state index is 11.2. The molecule has 0 bridgehead atoms. The number of phenols is 1. The lowest BCUT2D eigenvalue weighted by molar-refractivity contribution is 0.0697. The first kappa shape index (κ1) is 15.7. The fourth-order valence-electron chi connectivity index (χ4n) is 2.65. The van der Waals surface area contributed by atoms with E-state index in [1.165, 1.54) is 6.07 Å². The molecule has 0 unspecified atom stereocenters. The predicted molar refractivity (Wildman–Crippen MR) is 100 cm³/mol. The van der Waals surface area contributed by atoms with E-state index in [4.69, 9.17) is 11.6 Å². The summed E-state index contributed by atoms with van der Waals surface area (Å²) in [4.78, 5) is 15.8. The van der Waals surface area contributed by atoms with Crippen molar-refractivity contribution in [2.24, 2.45) is 0 Å². The molecule has 0 spiro atoms. The van der Waals surface area contributed by atoms with Gasteiger partial charge in [0.25, 0.3) is 0 Å². The summed E-state index contributed by atoms with van der Waals surface area (Å²) in [6.45, 7) is 0. The number of aromatic hydroxyl groups is 1. The summed E-state index contributed by atoms with van der Waals surface area (Å²) >= 11 is 7.52. The minimum Gasteiger partial charge on any atom is -0.506 e. The second-order valence-corrected chi connectivity index (χ2v) is 6.78. The molecule has 2 aromatic heterocycles. The van der Waals surface area contributed by atoms with Gasteiger partial charge in [-0.05, 0) is 41.8 Å². The van der Waals surface area contributed by atoms with Gasteiger partial charge in [0.1, 0.15) is 11.6 Å². The van der Waals surface area contributed by atoms with E-state index in [-0.39, 0.29) is 16.3 Å². The standard InChI is InChI=1S/C18H11ClN2O3S/c19-13-8-10(2-4-15(13)22)20-17-12-5-6-25-16(12)11-3-1-9(18(23)24)7-14(11)21-17/h1-8,22H,(H,20,21)(H,23,24). The lowest BCUT2D eigenvalue weighted by atomic mass is 10.1. The summed E-state index contributed by atoms with van der Waals surface area (Å²) in [5, 5.41) is 26.0. The van der Waals surface area contributed by atoms with Crippen LogP contribution >= 0.6 is 22.9 Å². The molecule has 4 aromatic rings. The monoisotopic (exact) mass is 370 g/mol. The number of thiophene rings is 1. The van der Waals surface area contributed by atoms with Crippen molar-refractivity contribution in [2.75, 3.05) is 5.32 Å². The van der Waals surface area contributed by atoms with Gasteiger partial charge in [-0.2, -0.15) is 0 Å². The first-order valence-corrected chi connectivity index (χ1v) is 8.58. The fourth-order valence-corrected chi connectivity index (χ4v) is 3.76. The zero-order valence-electron chi connectivity index (χ0n) is 12.7. The molecule has 0 saturated carbocycles. The normalized spacial score (nSPS) is 11.1. The van der Waals surface area contributed by atoms with Gasteiger partial charge in [-0.1, -0.05) is 17.7 Å². The maximum atomic E-state index is 11.2. The predicted octanol–water partition coefficient (Wildman–Crippen LogP) is 5.25. The molecule has 2 heterocycles. The molecule has 0 aliphatic carbocycles. The van der Waals surface area contributed by atoms with Crippen molar-refractivity contribution in [3.05, 3.63) is 58.4 Å². The number of benzene rings is 2. The van der Waals surface area contributed by atoms with Crippen LogP contribution in [0.5, 0.6) is 5.75 Å². The van der Waals surface area contributed by atoms with Crippen LogP contribution in [0.15, 0.2) is 47.8 Å². The van der Waals surface area contributed by atoms with Crippen LogP contribution in [0.1, 0.15) is 10.4 Å². The van der Waals surface area contributed by atoms with E-state index in [0.717, 1.165) is 15.5 Å². The van der Waals surface area contributed by atoms with E-state index in [1.807, 2.05) is 11.4 Å². The van der Waals surface area contributed by atoms with Crippen LogP contribution in [0.3, 0.4) is 0 Å². The zero-order valence-corrected chi connectivity index (χ0v) is 14.2. The second kappa shape index (κ2) is 5.91. The van der Waals surface area contributed by atoms with Crippen LogP contribution in [0.25, 0.3) is 21.0 Å². The molecule has 0 aliphatic heterocycles. The third-order valence-corrected chi connectivity index (χ3v) is 5.10. The Morgan fingerprint density at radius 3 is 2.72 bits per heavy atom. The Kier molecular flexibility index (Phi) is 3.71. The van der Waals surface area contributed by atoms with Gasteiger partial charge >= 0.3 is 5.97 Å². The number of anilines is 2. The average molecular weight is 371 g/mol. The highest BCUT2D eigenvalue weighted by atomic mass is 35.5. The Bertz CT molecular complexity index is 1140. The van der Waals surface area contributed by atoms with Gasteiger partial charge in [0.2, 0.25) is 0 Å². The highest BCUT2D eigenvalue weighted by Gasteiger charge is 2.13. The van der Waals surface area contributed by atoms with Crippen molar-refractivity contribution in [1.82, 2.24) is 4.98 Å². The summed E-state index contributed by atoms with van der Waals surface area (Å²) < 4.78 is 1.02. The number of carbonyl (C=O) groups is 1. The number of nitrogens with one attached hydrogen (secondary N) is 1. The molecule has 0 amide bonds. The lowest BCUT2D eigenvalue weighted by Crippen LogP contribution is -1.98. The van der Waals surface area contributed by atoms with Crippen LogP contribution in [-0.4, -0.2) is 21.2 Å². The number of fused-ring (bicyclic) bond motifs is 3. The van der Waals surface area contributed by atoms with Crippen molar-refractivity contribution in [3.63, 3.8) is 0 Å². The van der Waals surface area contributed by atoms with Gasteiger partial charge < -0.3 is 15.5 Å². The summed E-state index contributed by atoms with van der Waals surface area (Å²) in [7, 11) is 0. The Labute approximate surface area is 151 Å². The third-order valence-electron chi connectivity index (χ3n) is 3.85. The fraction of sp³-hybridized carbons (Fsp3) is 0. The largest absolute Gasteiger partial charge is 0.506 e. The number of aromatic nitrogens is 1. The van der Waals surface area contributed by atoms with Crippen LogP contribution in [0, 0.1) is 0 Å². The number of carboxylic acids is 1. The van der Waals surface area contributed by atoms with E-state index in [1.54, 1.807) is 41.7 Å². The SMILES string of the molecule is O=C(O)c1ccc2c(c1)nc(Nc1ccc(O)c(Cl)c1)c1ccsc12. The van der Waals surface area contributed by atoms with Gasteiger partial charge in [0.15, 0.2) is 0 Å². The molecule has 7 heteroatoms. The van der Waals surface area contributed by atoms with E-state index in [0.29, 0.717) is 17.0 Å². The molecular formula is C18H11ClN2O3S. The Hall–Kier alpha value is -2.83. The molecule has 0 aliphatic rings.